The number of rotatable bonds is 5. The maximum atomic E-state index is 9.58. The lowest BCUT2D eigenvalue weighted by Gasteiger charge is -2.29. The van der Waals surface area contributed by atoms with E-state index in [1.165, 1.54) is 37.1 Å². The lowest BCUT2D eigenvalue weighted by atomic mass is 9.94. The summed E-state index contributed by atoms with van der Waals surface area (Å²) in [6.07, 6.45) is 8.04. The second-order valence-corrected chi connectivity index (χ2v) is 7.05. The summed E-state index contributed by atoms with van der Waals surface area (Å²) in [6, 6.07) is 3.37. The number of nitrogens with zero attached hydrogens (tertiary/aromatic N) is 3. The average Bonchev–Trinajstić information content (AvgIpc) is 3.17. The summed E-state index contributed by atoms with van der Waals surface area (Å²) in [7, 11) is 0. The van der Waals surface area contributed by atoms with E-state index in [9.17, 15) is 5.26 Å². The molecule has 4 heteroatoms. The summed E-state index contributed by atoms with van der Waals surface area (Å²) < 4.78 is 2.39. The first kappa shape index (κ1) is 14.6. The van der Waals surface area contributed by atoms with Gasteiger partial charge in [0.15, 0.2) is 0 Å². The highest BCUT2D eigenvalue weighted by Gasteiger charge is 2.35. The van der Waals surface area contributed by atoms with Gasteiger partial charge in [0.1, 0.15) is 11.4 Å². The molecule has 0 spiro atoms. The van der Waals surface area contributed by atoms with E-state index in [0.717, 1.165) is 25.1 Å². The van der Waals surface area contributed by atoms with Crippen molar-refractivity contribution in [3.8, 4) is 6.07 Å². The van der Waals surface area contributed by atoms with Gasteiger partial charge >= 0.3 is 0 Å². The summed E-state index contributed by atoms with van der Waals surface area (Å²) in [4.78, 5) is 4.76. The van der Waals surface area contributed by atoms with E-state index < -0.39 is 5.54 Å². The number of hydrogen-bond acceptors (Lipinski definition) is 3. The molecule has 2 aliphatic rings. The van der Waals surface area contributed by atoms with Gasteiger partial charge in [-0.15, -0.1) is 0 Å². The Kier molecular flexibility index (Phi) is 3.79. The second kappa shape index (κ2) is 5.46. The monoisotopic (exact) mass is 286 g/mol. The van der Waals surface area contributed by atoms with E-state index in [1.54, 1.807) is 0 Å². The normalized spacial score (nSPS) is 22.2. The molecule has 0 aromatic carbocycles. The third-order valence-electron chi connectivity index (χ3n) is 4.84. The lowest BCUT2D eigenvalue weighted by Crippen LogP contribution is -2.44. The van der Waals surface area contributed by atoms with Crippen molar-refractivity contribution in [2.75, 3.05) is 0 Å². The van der Waals surface area contributed by atoms with Crippen LogP contribution in [0.2, 0.25) is 0 Å². The Hall–Kier alpha value is -1.34. The van der Waals surface area contributed by atoms with Crippen molar-refractivity contribution in [1.29, 1.82) is 5.26 Å². The molecule has 1 heterocycles. The third-order valence-corrected chi connectivity index (χ3v) is 4.84. The summed E-state index contributed by atoms with van der Waals surface area (Å²) in [5, 5.41) is 13.1. The van der Waals surface area contributed by atoms with Crippen LogP contribution in [0.1, 0.15) is 69.2 Å². The van der Waals surface area contributed by atoms with Crippen LogP contribution in [0.25, 0.3) is 0 Å². The van der Waals surface area contributed by atoms with Gasteiger partial charge in [-0.05, 0) is 65.7 Å². The number of fused-ring (bicyclic) bond motifs is 1. The molecule has 1 saturated carbocycles. The third kappa shape index (κ3) is 2.98. The van der Waals surface area contributed by atoms with Crippen LogP contribution >= 0.6 is 0 Å². The van der Waals surface area contributed by atoms with Gasteiger partial charge in [-0.2, -0.15) is 5.26 Å². The Balaban J connectivity index is 1.80. The van der Waals surface area contributed by atoms with Crippen LogP contribution in [0.15, 0.2) is 0 Å². The predicted molar refractivity (Wildman–Crippen MR) is 83.1 cm³/mol. The van der Waals surface area contributed by atoms with E-state index in [2.05, 4.69) is 29.8 Å². The van der Waals surface area contributed by atoms with E-state index in [1.807, 2.05) is 6.92 Å². The maximum absolute atomic E-state index is 9.58. The first-order valence-electron chi connectivity index (χ1n) is 8.28. The quantitative estimate of drug-likeness (QED) is 0.905. The molecule has 2 atom stereocenters. The van der Waals surface area contributed by atoms with Gasteiger partial charge in [-0.25, -0.2) is 4.98 Å². The summed E-state index contributed by atoms with van der Waals surface area (Å²) in [6.45, 7) is 6.38. The molecule has 0 bridgehead atoms. The molecular weight excluding hydrogens is 260 g/mol. The Labute approximate surface area is 127 Å². The second-order valence-electron chi connectivity index (χ2n) is 7.05. The van der Waals surface area contributed by atoms with E-state index in [0.29, 0.717) is 12.1 Å². The maximum Gasteiger partial charge on any atom is 0.106 e. The van der Waals surface area contributed by atoms with Gasteiger partial charge in [-0.1, -0.05) is 0 Å². The van der Waals surface area contributed by atoms with E-state index >= 15 is 0 Å². The SMILES string of the molecule is Cc1nc2c(n1C(C)CC(C)(C#N)NC1CC1)CCCC2. The molecule has 4 nitrogen and oxygen atoms in total. The van der Waals surface area contributed by atoms with Crippen LogP contribution in [-0.4, -0.2) is 21.1 Å². The van der Waals surface area contributed by atoms with Crippen LogP contribution in [-0.2, 0) is 12.8 Å². The Morgan fingerprint density at radius 1 is 1.43 bits per heavy atom. The number of hydrogen-bond donors (Lipinski definition) is 1. The number of nitrogens with one attached hydrogen (secondary N) is 1. The van der Waals surface area contributed by atoms with Gasteiger partial charge in [0.05, 0.1) is 11.8 Å². The van der Waals surface area contributed by atoms with Gasteiger partial charge in [0.25, 0.3) is 0 Å². The van der Waals surface area contributed by atoms with Gasteiger partial charge < -0.3 is 4.57 Å². The molecule has 1 aromatic heterocycles. The first-order chi connectivity index (χ1) is 10.0. The van der Waals surface area contributed by atoms with Crippen molar-refractivity contribution in [3.63, 3.8) is 0 Å². The molecule has 1 N–H and O–H groups in total. The first-order valence-corrected chi connectivity index (χ1v) is 8.28. The van der Waals surface area contributed by atoms with Crippen molar-refractivity contribution >= 4 is 0 Å². The highest BCUT2D eigenvalue weighted by molar-refractivity contribution is 5.21. The predicted octanol–water partition coefficient (Wildman–Crippen LogP) is 3.06. The van der Waals surface area contributed by atoms with Gasteiger partial charge in [0, 0.05) is 17.8 Å². The zero-order valence-electron chi connectivity index (χ0n) is 13.4. The van der Waals surface area contributed by atoms with Crippen molar-refractivity contribution in [2.45, 2.75) is 83.3 Å². The number of aromatic nitrogens is 2. The van der Waals surface area contributed by atoms with Crippen LogP contribution < -0.4 is 5.32 Å². The zero-order valence-corrected chi connectivity index (χ0v) is 13.4. The molecule has 0 saturated heterocycles. The molecule has 0 aliphatic heterocycles. The minimum atomic E-state index is -0.432. The summed E-state index contributed by atoms with van der Waals surface area (Å²) in [5.41, 5.74) is 2.27. The molecular formula is C17H26N4. The van der Waals surface area contributed by atoms with Gasteiger partial charge in [-0.3, -0.25) is 5.32 Å². The zero-order chi connectivity index (χ0) is 15.0. The molecule has 0 radical (unpaired) electrons. The molecule has 21 heavy (non-hydrogen) atoms. The minimum Gasteiger partial charge on any atom is -0.329 e. The highest BCUT2D eigenvalue weighted by atomic mass is 15.1. The summed E-state index contributed by atoms with van der Waals surface area (Å²) >= 11 is 0. The molecule has 2 aliphatic carbocycles. The number of aryl methyl sites for hydroxylation is 2. The van der Waals surface area contributed by atoms with Gasteiger partial charge in [0.2, 0.25) is 0 Å². The lowest BCUT2D eigenvalue weighted by molar-refractivity contribution is 0.337. The Morgan fingerprint density at radius 2 is 2.14 bits per heavy atom. The smallest absolute Gasteiger partial charge is 0.106 e. The minimum absolute atomic E-state index is 0.315. The number of imidazole rings is 1. The highest BCUT2D eigenvalue weighted by Crippen LogP contribution is 2.31. The van der Waals surface area contributed by atoms with E-state index in [4.69, 9.17) is 4.98 Å². The molecule has 0 amide bonds. The molecule has 2 unspecified atom stereocenters. The van der Waals surface area contributed by atoms with Crippen LogP contribution in [0.5, 0.6) is 0 Å². The molecule has 3 rings (SSSR count). The number of nitriles is 1. The molecule has 114 valence electrons. The Bertz CT molecular complexity index is 564. The summed E-state index contributed by atoms with van der Waals surface area (Å²) in [5.74, 6) is 1.11. The fourth-order valence-electron chi connectivity index (χ4n) is 3.78. The topological polar surface area (TPSA) is 53.6 Å². The van der Waals surface area contributed by atoms with Crippen LogP contribution in [0, 0.1) is 18.3 Å². The molecule has 1 aromatic rings. The van der Waals surface area contributed by atoms with Crippen molar-refractivity contribution in [1.82, 2.24) is 14.9 Å². The fourth-order valence-corrected chi connectivity index (χ4v) is 3.78. The van der Waals surface area contributed by atoms with Crippen molar-refractivity contribution in [3.05, 3.63) is 17.2 Å². The molecule has 1 fully saturated rings. The standard InChI is InChI=1S/C17H26N4/c1-12(10-17(3,11-18)20-14-8-9-14)21-13(2)19-15-6-4-5-7-16(15)21/h12,14,20H,4-10H2,1-3H3. The average molecular weight is 286 g/mol. The van der Waals surface area contributed by atoms with E-state index in [-0.39, 0.29) is 0 Å². The Morgan fingerprint density at radius 3 is 2.81 bits per heavy atom. The van der Waals surface area contributed by atoms with Crippen LogP contribution in [0.3, 0.4) is 0 Å². The fraction of sp³-hybridized carbons (Fsp3) is 0.765. The van der Waals surface area contributed by atoms with Crippen LogP contribution in [0.4, 0.5) is 0 Å². The van der Waals surface area contributed by atoms with Crippen molar-refractivity contribution < 1.29 is 0 Å². The largest absolute Gasteiger partial charge is 0.329 e. The van der Waals surface area contributed by atoms with Crippen molar-refractivity contribution in [2.24, 2.45) is 0 Å².